The molecule has 2 aromatic rings. The molecule has 1 heterocycles. The second-order valence-electron chi connectivity index (χ2n) is 5.01. The first-order valence-electron chi connectivity index (χ1n) is 6.71. The first-order valence-corrected chi connectivity index (χ1v) is 6.71. The average Bonchev–Trinajstić information content (AvgIpc) is 2.92. The summed E-state index contributed by atoms with van der Waals surface area (Å²) in [7, 11) is 2.10. The number of fused-ring (bicyclic) bond motifs is 1. The molecule has 0 atom stereocenters. The summed E-state index contributed by atoms with van der Waals surface area (Å²) in [4.78, 5) is 2.25. The molecule has 0 amide bonds. The van der Waals surface area contributed by atoms with E-state index in [0.29, 0.717) is 13.2 Å². The van der Waals surface area contributed by atoms with Crippen LogP contribution in [0.15, 0.2) is 42.5 Å². The third-order valence-electron chi connectivity index (χ3n) is 3.47. The lowest BCUT2D eigenvalue weighted by atomic mass is 10.0. The zero-order chi connectivity index (χ0) is 13.1. The van der Waals surface area contributed by atoms with Gasteiger partial charge in [-0.3, -0.25) is 4.90 Å². The minimum atomic E-state index is -0.0695. The number of rotatable bonds is 4. The number of likely N-dealkylation sites (N-methyl/N-ethyl adjacent to an activating group) is 1. The Labute approximate surface area is 113 Å². The van der Waals surface area contributed by atoms with Gasteiger partial charge in [-0.2, -0.15) is 0 Å². The Kier molecular flexibility index (Phi) is 3.78. The van der Waals surface area contributed by atoms with E-state index in [0.717, 1.165) is 13.1 Å². The van der Waals surface area contributed by atoms with E-state index in [1.807, 2.05) is 0 Å². The van der Waals surface area contributed by atoms with Gasteiger partial charge in [0, 0.05) is 13.1 Å². The third kappa shape index (κ3) is 2.95. The molecule has 1 fully saturated rings. The van der Waals surface area contributed by atoms with Crippen molar-refractivity contribution in [2.45, 2.75) is 12.8 Å². The zero-order valence-electron chi connectivity index (χ0n) is 11.2. The maximum Gasteiger partial charge on any atom is 0.170 e. The van der Waals surface area contributed by atoms with Crippen molar-refractivity contribution in [2.24, 2.45) is 0 Å². The van der Waals surface area contributed by atoms with Crippen LogP contribution in [0.3, 0.4) is 0 Å². The van der Waals surface area contributed by atoms with E-state index in [1.165, 1.54) is 16.3 Å². The first kappa shape index (κ1) is 12.6. The summed E-state index contributed by atoms with van der Waals surface area (Å²) >= 11 is 0. The molecule has 0 bridgehead atoms. The molecule has 0 aliphatic carbocycles. The fraction of sp³-hybridized carbons (Fsp3) is 0.375. The van der Waals surface area contributed by atoms with Crippen LogP contribution in [0, 0.1) is 0 Å². The quantitative estimate of drug-likeness (QED) is 0.840. The fourth-order valence-electron chi connectivity index (χ4n) is 2.55. The minimum Gasteiger partial charge on any atom is -0.349 e. The van der Waals surface area contributed by atoms with Crippen LogP contribution < -0.4 is 0 Å². The van der Waals surface area contributed by atoms with Gasteiger partial charge >= 0.3 is 0 Å². The van der Waals surface area contributed by atoms with Gasteiger partial charge in [0.15, 0.2) is 6.29 Å². The maximum atomic E-state index is 5.48. The fourth-order valence-corrected chi connectivity index (χ4v) is 2.55. The standard InChI is InChI=1S/C16H19NO2/c1-17(12-16-18-9-10-19-16)11-14-7-4-6-13-5-2-3-8-15(13)14/h2-8,16H,9-12H2,1H3. The Morgan fingerprint density at radius 3 is 2.63 bits per heavy atom. The largest absolute Gasteiger partial charge is 0.349 e. The van der Waals surface area contributed by atoms with Crippen LogP contribution in [0.1, 0.15) is 5.56 Å². The summed E-state index contributed by atoms with van der Waals surface area (Å²) in [5, 5.41) is 2.62. The van der Waals surface area contributed by atoms with Gasteiger partial charge < -0.3 is 9.47 Å². The van der Waals surface area contributed by atoms with Crippen LogP contribution in [0.5, 0.6) is 0 Å². The lowest BCUT2D eigenvalue weighted by molar-refractivity contribution is -0.0592. The lowest BCUT2D eigenvalue weighted by Crippen LogP contribution is -2.29. The van der Waals surface area contributed by atoms with Gasteiger partial charge in [-0.15, -0.1) is 0 Å². The highest BCUT2D eigenvalue weighted by Gasteiger charge is 2.18. The molecule has 1 aliphatic rings. The number of hydrogen-bond donors (Lipinski definition) is 0. The smallest absolute Gasteiger partial charge is 0.170 e. The first-order chi connectivity index (χ1) is 9.33. The molecule has 0 unspecified atom stereocenters. The van der Waals surface area contributed by atoms with Crippen molar-refractivity contribution in [1.82, 2.24) is 4.90 Å². The molecular weight excluding hydrogens is 238 g/mol. The monoisotopic (exact) mass is 257 g/mol. The number of benzene rings is 2. The Hall–Kier alpha value is -1.42. The zero-order valence-corrected chi connectivity index (χ0v) is 11.2. The second-order valence-corrected chi connectivity index (χ2v) is 5.01. The van der Waals surface area contributed by atoms with Gasteiger partial charge in [-0.1, -0.05) is 42.5 Å². The van der Waals surface area contributed by atoms with Crippen molar-refractivity contribution in [3.05, 3.63) is 48.0 Å². The van der Waals surface area contributed by atoms with Crippen molar-refractivity contribution in [3.8, 4) is 0 Å². The van der Waals surface area contributed by atoms with Crippen molar-refractivity contribution in [2.75, 3.05) is 26.8 Å². The minimum absolute atomic E-state index is 0.0695. The summed E-state index contributed by atoms with van der Waals surface area (Å²) in [6, 6.07) is 15.0. The summed E-state index contributed by atoms with van der Waals surface area (Å²) in [6.07, 6.45) is -0.0695. The van der Waals surface area contributed by atoms with Gasteiger partial charge in [0.2, 0.25) is 0 Å². The number of nitrogens with zero attached hydrogens (tertiary/aromatic N) is 1. The molecule has 19 heavy (non-hydrogen) atoms. The van der Waals surface area contributed by atoms with Crippen LogP contribution in [0.2, 0.25) is 0 Å². The molecule has 100 valence electrons. The predicted octanol–water partition coefficient (Wildman–Crippen LogP) is 2.64. The molecule has 3 heteroatoms. The Bertz CT molecular complexity index is 544. The van der Waals surface area contributed by atoms with Crippen molar-refractivity contribution >= 4 is 10.8 Å². The lowest BCUT2D eigenvalue weighted by Gasteiger charge is -2.20. The molecule has 0 N–H and O–H groups in total. The number of hydrogen-bond acceptors (Lipinski definition) is 3. The van der Waals surface area contributed by atoms with Gasteiger partial charge in [0.25, 0.3) is 0 Å². The Morgan fingerprint density at radius 1 is 1.05 bits per heavy atom. The molecule has 3 nitrogen and oxygen atoms in total. The van der Waals surface area contributed by atoms with E-state index < -0.39 is 0 Å². The van der Waals surface area contributed by atoms with Crippen LogP contribution in [0.4, 0.5) is 0 Å². The summed E-state index contributed by atoms with van der Waals surface area (Å²) < 4.78 is 11.0. The summed E-state index contributed by atoms with van der Waals surface area (Å²) in [5.74, 6) is 0. The second kappa shape index (κ2) is 5.70. The third-order valence-corrected chi connectivity index (χ3v) is 3.47. The van der Waals surface area contributed by atoms with E-state index in [4.69, 9.17) is 9.47 Å². The highest BCUT2D eigenvalue weighted by molar-refractivity contribution is 5.85. The van der Waals surface area contributed by atoms with E-state index >= 15 is 0 Å². The van der Waals surface area contributed by atoms with Gasteiger partial charge in [-0.25, -0.2) is 0 Å². The Morgan fingerprint density at radius 2 is 1.79 bits per heavy atom. The Balaban J connectivity index is 1.73. The topological polar surface area (TPSA) is 21.7 Å². The summed E-state index contributed by atoms with van der Waals surface area (Å²) in [5.41, 5.74) is 1.35. The number of ether oxygens (including phenoxy) is 2. The molecule has 0 aromatic heterocycles. The maximum absolute atomic E-state index is 5.48. The molecule has 1 saturated heterocycles. The van der Waals surface area contributed by atoms with E-state index in [2.05, 4.69) is 54.4 Å². The van der Waals surface area contributed by atoms with Gasteiger partial charge in [0.1, 0.15) is 0 Å². The molecule has 0 saturated carbocycles. The highest BCUT2D eigenvalue weighted by Crippen LogP contribution is 2.20. The van der Waals surface area contributed by atoms with Gasteiger partial charge in [-0.05, 0) is 23.4 Å². The molecule has 1 aliphatic heterocycles. The van der Waals surface area contributed by atoms with E-state index in [1.54, 1.807) is 0 Å². The van der Waals surface area contributed by atoms with E-state index in [-0.39, 0.29) is 6.29 Å². The predicted molar refractivity (Wildman–Crippen MR) is 76.0 cm³/mol. The van der Waals surface area contributed by atoms with Crippen LogP contribution >= 0.6 is 0 Å². The SMILES string of the molecule is CN(Cc1cccc2ccccc12)CC1OCCO1. The van der Waals surface area contributed by atoms with Crippen LogP contribution in [-0.2, 0) is 16.0 Å². The normalized spacial score (nSPS) is 16.5. The summed E-state index contributed by atoms with van der Waals surface area (Å²) in [6.45, 7) is 3.15. The van der Waals surface area contributed by atoms with Crippen molar-refractivity contribution in [3.63, 3.8) is 0 Å². The average molecular weight is 257 g/mol. The van der Waals surface area contributed by atoms with E-state index in [9.17, 15) is 0 Å². The van der Waals surface area contributed by atoms with Crippen LogP contribution in [-0.4, -0.2) is 38.0 Å². The van der Waals surface area contributed by atoms with Crippen LogP contribution in [0.25, 0.3) is 10.8 Å². The molecule has 3 rings (SSSR count). The van der Waals surface area contributed by atoms with Gasteiger partial charge in [0.05, 0.1) is 13.2 Å². The van der Waals surface area contributed by atoms with Crippen molar-refractivity contribution in [1.29, 1.82) is 0 Å². The molecular formula is C16H19NO2. The van der Waals surface area contributed by atoms with Crippen molar-refractivity contribution < 1.29 is 9.47 Å². The highest BCUT2D eigenvalue weighted by atomic mass is 16.7. The molecule has 0 radical (unpaired) electrons. The molecule has 2 aromatic carbocycles. The molecule has 0 spiro atoms.